The molecule has 2 aromatic heterocycles. The van der Waals surface area contributed by atoms with E-state index in [9.17, 15) is 12.8 Å². The van der Waals surface area contributed by atoms with Crippen molar-refractivity contribution >= 4 is 44.1 Å². The maximum Gasteiger partial charge on any atom is 0.229 e. The molecule has 0 aliphatic heterocycles. The summed E-state index contributed by atoms with van der Waals surface area (Å²) in [7, 11) is -3.36. The van der Waals surface area contributed by atoms with Gasteiger partial charge in [-0.3, -0.25) is 0 Å². The largest absolute Gasteiger partial charge is 0.443 e. The van der Waals surface area contributed by atoms with E-state index in [1.807, 2.05) is 6.92 Å². The Bertz CT molecular complexity index is 1320. The number of rotatable bonds is 5. The standard InChI is InChI=1S/C19H16FN5O3S/c1-11-6-13(8-16-17(11)28-10-22-16)23-18-15(20)9-21-19(25-18)24-12-4-3-5-14(7-12)29(2,26)27/h3-10H,1-2H3,(H2,21,23,24,25). The van der Waals surface area contributed by atoms with Gasteiger partial charge >= 0.3 is 0 Å². The summed E-state index contributed by atoms with van der Waals surface area (Å²) in [5.74, 6) is -0.568. The average molecular weight is 413 g/mol. The van der Waals surface area contributed by atoms with Crippen LogP contribution in [-0.2, 0) is 9.84 Å². The predicted octanol–water partition coefficient (Wildman–Crippen LogP) is 3.96. The van der Waals surface area contributed by atoms with Crippen molar-refractivity contribution in [3.63, 3.8) is 0 Å². The molecule has 0 amide bonds. The Hall–Kier alpha value is -3.53. The second-order valence-electron chi connectivity index (χ2n) is 6.43. The number of sulfone groups is 1. The van der Waals surface area contributed by atoms with Gasteiger partial charge in [0, 0.05) is 17.6 Å². The van der Waals surface area contributed by atoms with Crippen LogP contribution in [0.2, 0.25) is 0 Å². The van der Waals surface area contributed by atoms with Gasteiger partial charge in [-0.25, -0.2) is 22.8 Å². The summed E-state index contributed by atoms with van der Waals surface area (Å²) in [4.78, 5) is 12.3. The van der Waals surface area contributed by atoms with E-state index in [2.05, 4.69) is 25.6 Å². The number of aromatic nitrogens is 3. The SMILES string of the molecule is Cc1cc(Nc2nc(Nc3cccc(S(C)(=O)=O)c3)ncc2F)cc2ncoc12. The minimum absolute atomic E-state index is 0.0380. The predicted molar refractivity (Wildman–Crippen MR) is 107 cm³/mol. The fraction of sp³-hybridized carbons (Fsp3) is 0.105. The van der Waals surface area contributed by atoms with Crippen molar-refractivity contribution in [1.29, 1.82) is 0 Å². The summed E-state index contributed by atoms with van der Waals surface area (Å²) in [6.45, 7) is 1.86. The summed E-state index contributed by atoms with van der Waals surface area (Å²) in [6.07, 6.45) is 3.50. The first kappa shape index (κ1) is 18.8. The molecule has 2 N–H and O–H groups in total. The zero-order valence-corrected chi connectivity index (χ0v) is 16.3. The minimum Gasteiger partial charge on any atom is -0.443 e. The molecular formula is C19H16FN5O3S. The van der Waals surface area contributed by atoms with Gasteiger partial charge in [0.2, 0.25) is 5.95 Å². The Morgan fingerprint density at radius 1 is 1.07 bits per heavy atom. The highest BCUT2D eigenvalue weighted by Gasteiger charge is 2.12. The molecule has 0 bridgehead atoms. The van der Waals surface area contributed by atoms with Crippen molar-refractivity contribution < 1.29 is 17.2 Å². The lowest BCUT2D eigenvalue weighted by atomic mass is 10.2. The average Bonchev–Trinajstić information content (AvgIpc) is 3.13. The van der Waals surface area contributed by atoms with Crippen LogP contribution in [0.4, 0.5) is 27.5 Å². The van der Waals surface area contributed by atoms with Gasteiger partial charge in [-0.1, -0.05) is 6.07 Å². The second kappa shape index (κ2) is 7.13. The van der Waals surface area contributed by atoms with Crippen LogP contribution in [0.15, 0.2) is 58.3 Å². The Balaban J connectivity index is 1.62. The van der Waals surface area contributed by atoms with E-state index in [1.165, 1.54) is 18.5 Å². The number of hydrogen-bond donors (Lipinski definition) is 2. The topological polar surface area (TPSA) is 110 Å². The zero-order valence-electron chi connectivity index (χ0n) is 15.5. The highest BCUT2D eigenvalue weighted by atomic mass is 32.2. The number of fused-ring (bicyclic) bond motifs is 1. The molecule has 0 saturated carbocycles. The number of nitrogens with one attached hydrogen (secondary N) is 2. The summed E-state index contributed by atoms with van der Waals surface area (Å²) in [6, 6.07) is 9.71. The molecule has 148 valence electrons. The molecule has 10 heteroatoms. The van der Waals surface area contributed by atoms with Crippen LogP contribution in [0.1, 0.15) is 5.56 Å². The van der Waals surface area contributed by atoms with Crippen molar-refractivity contribution in [2.24, 2.45) is 0 Å². The second-order valence-corrected chi connectivity index (χ2v) is 8.45. The van der Waals surface area contributed by atoms with Crippen LogP contribution in [0.5, 0.6) is 0 Å². The van der Waals surface area contributed by atoms with Gasteiger partial charge in [-0.05, 0) is 42.8 Å². The third-order valence-corrected chi connectivity index (χ3v) is 5.25. The van der Waals surface area contributed by atoms with E-state index < -0.39 is 15.7 Å². The van der Waals surface area contributed by atoms with Gasteiger partial charge in [0.05, 0.1) is 11.1 Å². The van der Waals surface area contributed by atoms with E-state index >= 15 is 0 Å². The molecule has 0 saturated heterocycles. The molecule has 0 aliphatic carbocycles. The summed E-state index contributed by atoms with van der Waals surface area (Å²) < 4.78 is 43.0. The van der Waals surface area contributed by atoms with E-state index in [4.69, 9.17) is 4.42 Å². The Morgan fingerprint density at radius 3 is 2.69 bits per heavy atom. The summed E-state index contributed by atoms with van der Waals surface area (Å²) in [5, 5.41) is 5.80. The van der Waals surface area contributed by atoms with Crippen molar-refractivity contribution in [3.8, 4) is 0 Å². The molecule has 0 fully saturated rings. The fourth-order valence-electron chi connectivity index (χ4n) is 2.80. The lowest BCUT2D eigenvalue weighted by Crippen LogP contribution is -2.04. The van der Waals surface area contributed by atoms with E-state index in [1.54, 1.807) is 24.3 Å². The molecule has 4 aromatic rings. The molecule has 2 aromatic carbocycles. The number of aryl methyl sites for hydroxylation is 1. The van der Waals surface area contributed by atoms with E-state index in [0.717, 1.165) is 18.0 Å². The Morgan fingerprint density at radius 2 is 1.90 bits per heavy atom. The van der Waals surface area contributed by atoms with Crippen molar-refractivity contribution in [1.82, 2.24) is 15.0 Å². The lowest BCUT2D eigenvalue weighted by Gasteiger charge is -2.10. The van der Waals surface area contributed by atoms with Gasteiger partial charge in [-0.15, -0.1) is 0 Å². The number of benzene rings is 2. The van der Waals surface area contributed by atoms with Crippen LogP contribution in [0.3, 0.4) is 0 Å². The van der Waals surface area contributed by atoms with Crippen molar-refractivity contribution in [2.45, 2.75) is 11.8 Å². The first-order valence-corrected chi connectivity index (χ1v) is 10.4. The smallest absolute Gasteiger partial charge is 0.229 e. The molecule has 8 nitrogen and oxygen atoms in total. The normalized spacial score (nSPS) is 11.6. The van der Waals surface area contributed by atoms with E-state index in [-0.39, 0.29) is 16.7 Å². The summed E-state index contributed by atoms with van der Waals surface area (Å²) in [5.41, 5.74) is 3.19. The molecule has 0 aliphatic rings. The van der Waals surface area contributed by atoms with Gasteiger partial charge in [0.25, 0.3) is 0 Å². The van der Waals surface area contributed by atoms with Crippen LogP contribution in [-0.4, -0.2) is 29.6 Å². The van der Waals surface area contributed by atoms with Crippen LogP contribution < -0.4 is 10.6 Å². The highest BCUT2D eigenvalue weighted by molar-refractivity contribution is 7.90. The van der Waals surface area contributed by atoms with Gasteiger partial charge < -0.3 is 15.1 Å². The van der Waals surface area contributed by atoms with Crippen LogP contribution in [0, 0.1) is 12.7 Å². The monoisotopic (exact) mass is 413 g/mol. The van der Waals surface area contributed by atoms with Gasteiger partial charge in [-0.2, -0.15) is 4.98 Å². The maximum absolute atomic E-state index is 14.2. The lowest BCUT2D eigenvalue weighted by molar-refractivity contribution is 0.599. The molecule has 4 rings (SSSR count). The summed E-state index contributed by atoms with van der Waals surface area (Å²) >= 11 is 0. The highest BCUT2D eigenvalue weighted by Crippen LogP contribution is 2.26. The first-order chi connectivity index (χ1) is 13.8. The minimum atomic E-state index is -3.36. The van der Waals surface area contributed by atoms with Crippen LogP contribution in [0.25, 0.3) is 11.1 Å². The molecule has 0 spiro atoms. The zero-order chi connectivity index (χ0) is 20.6. The molecule has 0 radical (unpaired) electrons. The van der Waals surface area contributed by atoms with Gasteiger partial charge in [0.15, 0.2) is 33.4 Å². The number of anilines is 4. The van der Waals surface area contributed by atoms with E-state index in [0.29, 0.717) is 22.5 Å². The first-order valence-electron chi connectivity index (χ1n) is 8.50. The maximum atomic E-state index is 14.2. The molecule has 2 heterocycles. The van der Waals surface area contributed by atoms with Crippen molar-refractivity contribution in [2.75, 3.05) is 16.9 Å². The molecular weight excluding hydrogens is 397 g/mol. The number of hydrogen-bond acceptors (Lipinski definition) is 8. The third-order valence-electron chi connectivity index (χ3n) is 4.14. The Labute approximate surface area is 165 Å². The molecule has 0 atom stereocenters. The van der Waals surface area contributed by atoms with Gasteiger partial charge in [0.1, 0.15) is 5.52 Å². The molecule has 0 unspecified atom stereocenters. The number of nitrogens with zero attached hydrogens (tertiary/aromatic N) is 3. The quantitative estimate of drug-likeness (QED) is 0.506. The third kappa shape index (κ3) is 4.02. The Kier molecular flexibility index (Phi) is 4.63. The number of halogens is 1. The fourth-order valence-corrected chi connectivity index (χ4v) is 3.46. The molecule has 29 heavy (non-hydrogen) atoms. The number of oxazole rings is 1. The van der Waals surface area contributed by atoms with Crippen molar-refractivity contribution in [3.05, 3.63) is 60.4 Å². The van der Waals surface area contributed by atoms with Crippen LogP contribution >= 0.6 is 0 Å².